The van der Waals surface area contributed by atoms with Crippen molar-refractivity contribution in [1.82, 2.24) is 0 Å². The second-order valence-electron chi connectivity index (χ2n) is 5.19. The Bertz CT molecular complexity index is 440. The summed E-state index contributed by atoms with van der Waals surface area (Å²) in [4.78, 5) is 10.3. The second-order valence-corrected chi connectivity index (χ2v) is 5.19. The molecule has 0 aromatic carbocycles. The maximum Gasteiger partial charge on any atom is 0.303 e. The van der Waals surface area contributed by atoms with Gasteiger partial charge in [-0.2, -0.15) is 0 Å². The molecule has 3 heteroatoms. The summed E-state index contributed by atoms with van der Waals surface area (Å²) >= 11 is 0. The van der Waals surface area contributed by atoms with Crippen molar-refractivity contribution in [2.75, 3.05) is 0 Å². The van der Waals surface area contributed by atoms with E-state index in [0.717, 1.165) is 32.1 Å². The Hall–Kier alpha value is -2.03. The van der Waals surface area contributed by atoms with Crippen LogP contribution in [0.2, 0.25) is 0 Å². The van der Waals surface area contributed by atoms with E-state index in [4.69, 9.17) is 5.11 Å². The molecular weight excluding hydrogens is 288 g/mol. The minimum atomic E-state index is -0.764. The van der Waals surface area contributed by atoms with Gasteiger partial charge < -0.3 is 10.2 Å². The van der Waals surface area contributed by atoms with Gasteiger partial charge in [0.2, 0.25) is 0 Å². The maximum atomic E-state index is 10.3. The molecule has 0 rings (SSSR count). The monoisotopic (exact) mass is 318 g/mol. The van der Waals surface area contributed by atoms with Crippen molar-refractivity contribution in [3.63, 3.8) is 0 Å². The molecule has 3 nitrogen and oxygen atoms in total. The SMILES string of the molecule is CC/C=C\C/C=C\C/C=C\C/C=C(\O)C/C=C\CCCC(=O)O. The first kappa shape index (κ1) is 21.0. The number of hydrogen-bond donors (Lipinski definition) is 2. The molecule has 0 fully saturated rings. The Labute approximate surface area is 140 Å². The van der Waals surface area contributed by atoms with Crippen molar-refractivity contribution in [3.05, 3.63) is 60.4 Å². The lowest BCUT2D eigenvalue weighted by Gasteiger charge is -1.94. The molecular formula is C20H30O3. The van der Waals surface area contributed by atoms with Gasteiger partial charge in [-0.05, 0) is 44.6 Å². The molecule has 2 N–H and O–H groups in total. The molecule has 0 aliphatic rings. The fourth-order valence-corrected chi connectivity index (χ4v) is 1.79. The fourth-order valence-electron chi connectivity index (χ4n) is 1.79. The lowest BCUT2D eigenvalue weighted by Crippen LogP contribution is -1.92. The largest absolute Gasteiger partial charge is 0.512 e. The van der Waals surface area contributed by atoms with Crippen LogP contribution in [0.3, 0.4) is 0 Å². The highest BCUT2D eigenvalue weighted by Crippen LogP contribution is 2.03. The van der Waals surface area contributed by atoms with E-state index in [9.17, 15) is 9.90 Å². The van der Waals surface area contributed by atoms with Gasteiger partial charge in [-0.25, -0.2) is 0 Å². The number of aliphatic hydroxyl groups is 1. The van der Waals surface area contributed by atoms with E-state index in [2.05, 4.69) is 37.3 Å². The third-order valence-electron chi connectivity index (χ3n) is 3.02. The lowest BCUT2D eigenvalue weighted by molar-refractivity contribution is -0.137. The molecule has 0 aliphatic heterocycles. The number of aliphatic hydroxyl groups excluding tert-OH is 1. The van der Waals surface area contributed by atoms with E-state index in [-0.39, 0.29) is 6.42 Å². The second kappa shape index (κ2) is 16.3. The van der Waals surface area contributed by atoms with E-state index in [1.54, 1.807) is 6.08 Å². The Kier molecular flexibility index (Phi) is 14.9. The number of unbranched alkanes of at least 4 members (excludes halogenated alkanes) is 1. The molecule has 0 unspecified atom stereocenters. The first-order valence-electron chi connectivity index (χ1n) is 8.36. The maximum absolute atomic E-state index is 10.3. The van der Waals surface area contributed by atoms with E-state index < -0.39 is 5.97 Å². The van der Waals surface area contributed by atoms with Gasteiger partial charge in [0.25, 0.3) is 0 Å². The van der Waals surface area contributed by atoms with Crippen LogP contribution in [0, 0.1) is 0 Å². The summed E-state index contributed by atoms with van der Waals surface area (Å²) in [6.45, 7) is 2.13. The van der Waals surface area contributed by atoms with Crippen molar-refractivity contribution < 1.29 is 15.0 Å². The fraction of sp³-hybridized carbons (Fsp3) is 0.450. The van der Waals surface area contributed by atoms with E-state index in [1.165, 1.54) is 0 Å². The molecule has 0 aromatic heterocycles. The number of hydrogen-bond acceptors (Lipinski definition) is 2. The van der Waals surface area contributed by atoms with Gasteiger partial charge in [-0.1, -0.05) is 55.5 Å². The normalized spacial score (nSPS) is 13.2. The highest BCUT2D eigenvalue weighted by molar-refractivity contribution is 5.66. The van der Waals surface area contributed by atoms with Gasteiger partial charge in [0, 0.05) is 12.8 Å². The summed E-state index contributed by atoms with van der Waals surface area (Å²) in [5.41, 5.74) is 0. The Morgan fingerprint density at radius 2 is 1.43 bits per heavy atom. The van der Waals surface area contributed by atoms with Gasteiger partial charge in [0.1, 0.15) is 0 Å². The van der Waals surface area contributed by atoms with Crippen molar-refractivity contribution >= 4 is 5.97 Å². The molecule has 0 atom stereocenters. The molecule has 0 spiro atoms. The van der Waals surface area contributed by atoms with Crippen LogP contribution in [0.25, 0.3) is 0 Å². The molecule has 0 aromatic rings. The molecule has 128 valence electrons. The van der Waals surface area contributed by atoms with Crippen molar-refractivity contribution in [1.29, 1.82) is 0 Å². The minimum absolute atomic E-state index is 0.195. The van der Waals surface area contributed by atoms with Gasteiger partial charge in [0.15, 0.2) is 0 Å². The molecule has 0 aliphatic carbocycles. The summed E-state index contributed by atoms with van der Waals surface area (Å²) in [6, 6.07) is 0. The first-order chi connectivity index (χ1) is 11.2. The zero-order chi connectivity index (χ0) is 17.2. The number of aliphatic carboxylic acids is 1. The highest BCUT2D eigenvalue weighted by Gasteiger charge is 1.93. The summed E-state index contributed by atoms with van der Waals surface area (Å²) < 4.78 is 0. The zero-order valence-electron chi connectivity index (χ0n) is 14.2. The predicted octanol–water partition coefficient (Wildman–Crippen LogP) is 5.88. The average Bonchev–Trinajstić information content (AvgIpc) is 2.52. The first-order valence-corrected chi connectivity index (χ1v) is 8.36. The molecule has 0 heterocycles. The molecule has 0 saturated heterocycles. The minimum Gasteiger partial charge on any atom is -0.512 e. The van der Waals surface area contributed by atoms with Crippen molar-refractivity contribution in [3.8, 4) is 0 Å². The third-order valence-corrected chi connectivity index (χ3v) is 3.02. The van der Waals surface area contributed by atoms with Crippen LogP contribution < -0.4 is 0 Å². The van der Waals surface area contributed by atoms with Crippen LogP contribution in [-0.2, 0) is 4.79 Å². The average molecular weight is 318 g/mol. The Morgan fingerprint density at radius 1 is 0.826 bits per heavy atom. The smallest absolute Gasteiger partial charge is 0.303 e. The zero-order valence-corrected chi connectivity index (χ0v) is 14.2. The Balaban J connectivity index is 3.68. The molecule has 23 heavy (non-hydrogen) atoms. The van der Waals surface area contributed by atoms with Crippen molar-refractivity contribution in [2.24, 2.45) is 0 Å². The number of carboxylic acid groups (broad SMARTS) is 1. The third kappa shape index (κ3) is 17.9. The van der Waals surface area contributed by atoms with E-state index >= 15 is 0 Å². The summed E-state index contributed by atoms with van der Waals surface area (Å²) in [5, 5.41) is 18.2. The van der Waals surface area contributed by atoms with Crippen LogP contribution in [0.15, 0.2) is 60.4 Å². The quantitative estimate of drug-likeness (QED) is 0.253. The van der Waals surface area contributed by atoms with Gasteiger partial charge in [-0.15, -0.1) is 0 Å². The van der Waals surface area contributed by atoms with Crippen molar-refractivity contribution in [2.45, 2.75) is 58.3 Å². The number of carboxylic acids is 1. The van der Waals surface area contributed by atoms with Crippen LogP contribution in [0.4, 0.5) is 0 Å². The summed E-state index contributed by atoms with van der Waals surface area (Å²) in [7, 11) is 0. The highest BCUT2D eigenvalue weighted by atomic mass is 16.4. The number of rotatable bonds is 13. The number of carbonyl (C=O) groups is 1. The van der Waals surface area contributed by atoms with E-state index in [1.807, 2.05) is 18.2 Å². The van der Waals surface area contributed by atoms with Crippen LogP contribution in [0.1, 0.15) is 58.3 Å². The topological polar surface area (TPSA) is 57.5 Å². The Morgan fingerprint density at radius 3 is 2.04 bits per heavy atom. The molecule has 0 amide bonds. The molecule has 0 radical (unpaired) electrons. The van der Waals surface area contributed by atoms with E-state index in [0.29, 0.717) is 18.6 Å². The summed E-state index contributed by atoms with van der Waals surface area (Å²) in [6.07, 6.45) is 24.1. The molecule has 0 saturated carbocycles. The van der Waals surface area contributed by atoms with Gasteiger partial charge >= 0.3 is 5.97 Å². The van der Waals surface area contributed by atoms with Gasteiger partial charge in [-0.3, -0.25) is 4.79 Å². The lowest BCUT2D eigenvalue weighted by atomic mass is 10.2. The van der Waals surface area contributed by atoms with Crippen LogP contribution in [-0.4, -0.2) is 16.2 Å². The predicted molar refractivity (Wildman–Crippen MR) is 97.5 cm³/mol. The van der Waals surface area contributed by atoms with Crippen LogP contribution in [0.5, 0.6) is 0 Å². The van der Waals surface area contributed by atoms with Gasteiger partial charge in [0.05, 0.1) is 5.76 Å². The van der Waals surface area contributed by atoms with Crippen LogP contribution >= 0.6 is 0 Å². The summed E-state index contributed by atoms with van der Waals surface area (Å²) in [5.74, 6) is -0.412. The number of allylic oxidation sites excluding steroid dienone is 9. The standard InChI is InChI=1S/C20H30O3/c1-2-3-4-5-6-7-8-9-10-13-16-19(21)17-14-11-12-15-18-20(22)23/h3-4,6-7,9-11,14,16,21H,2,5,8,12-13,15,17-18H2,1H3,(H,22,23)/b4-3-,7-6-,10-9-,14-11-,19-16-. The molecule has 0 bridgehead atoms.